The van der Waals surface area contributed by atoms with E-state index in [1.165, 1.54) is 13.8 Å². The van der Waals surface area contributed by atoms with Crippen molar-refractivity contribution < 1.29 is 29.4 Å². The van der Waals surface area contributed by atoms with Gasteiger partial charge in [-0.15, -0.1) is 0 Å². The molecule has 144 valence electrons. The highest BCUT2D eigenvalue weighted by molar-refractivity contribution is 5.93. The molecule has 0 aromatic heterocycles. The number of nitrogens with one attached hydrogen (secondary N) is 3. The monoisotopic (exact) mass is 360 g/mol. The Labute approximate surface area is 146 Å². The number of carbonyl (C=O) groups excluding carboxylic acids is 3. The molecule has 0 saturated heterocycles. The van der Waals surface area contributed by atoms with Gasteiger partial charge in [-0.3, -0.25) is 14.4 Å². The van der Waals surface area contributed by atoms with E-state index in [0.717, 1.165) is 0 Å². The predicted molar refractivity (Wildman–Crippen MR) is 89.3 cm³/mol. The Kier molecular flexibility index (Phi) is 9.69. The van der Waals surface area contributed by atoms with E-state index < -0.39 is 54.5 Å². The Bertz CT molecular complexity index is 496. The Morgan fingerprint density at radius 3 is 1.72 bits per heavy atom. The van der Waals surface area contributed by atoms with Gasteiger partial charge in [0.15, 0.2) is 0 Å². The van der Waals surface area contributed by atoms with Gasteiger partial charge in [-0.25, -0.2) is 4.79 Å². The van der Waals surface area contributed by atoms with Gasteiger partial charge in [-0.1, -0.05) is 13.8 Å². The maximum Gasteiger partial charge on any atom is 0.326 e. The van der Waals surface area contributed by atoms with E-state index in [1.807, 2.05) is 13.8 Å². The lowest BCUT2D eigenvalue weighted by atomic mass is 10.0. The van der Waals surface area contributed by atoms with Gasteiger partial charge in [0, 0.05) is 0 Å². The largest absolute Gasteiger partial charge is 0.480 e. The molecule has 3 amide bonds. The minimum Gasteiger partial charge on any atom is -0.480 e. The van der Waals surface area contributed by atoms with Crippen molar-refractivity contribution in [2.75, 3.05) is 6.61 Å². The van der Waals surface area contributed by atoms with Crippen LogP contribution in [-0.4, -0.2) is 64.7 Å². The first-order valence-corrected chi connectivity index (χ1v) is 7.99. The number of nitrogens with two attached hydrogens (primary N) is 1. The topological polar surface area (TPSA) is 171 Å². The van der Waals surface area contributed by atoms with Gasteiger partial charge in [0.25, 0.3) is 0 Å². The number of carboxylic acids is 1. The first kappa shape index (κ1) is 22.8. The molecule has 0 spiro atoms. The molecular weight excluding hydrogens is 332 g/mol. The van der Waals surface area contributed by atoms with Gasteiger partial charge in [0.2, 0.25) is 17.7 Å². The Morgan fingerprint density at radius 2 is 1.32 bits per heavy atom. The van der Waals surface area contributed by atoms with Gasteiger partial charge in [0.05, 0.1) is 6.61 Å². The maximum absolute atomic E-state index is 12.0. The second-order valence-electron chi connectivity index (χ2n) is 6.28. The molecule has 10 nitrogen and oxygen atoms in total. The van der Waals surface area contributed by atoms with Crippen LogP contribution in [0.15, 0.2) is 0 Å². The Morgan fingerprint density at radius 1 is 0.880 bits per heavy atom. The molecule has 0 saturated carbocycles. The Hall–Kier alpha value is -2.20. The van der Waals surface area contributed by atoms with Crippen LogP contribution in [0.1, 0.15) is 34.1 Å². The van der Waals surface area contributed by atoms with E-state index in [4.69, 9.17) is 15.9 Å². The van der Waals surface area contributed by atoms with Crippen molar-refractivity contribution in [3.63, 3.8) is 0 Å². The number of aliphatic hydroxyl groups excluding tert-OH is 1. The van der Waals surface area contributed by atoms with Crippen molar-refractivity contribution in [2.24, 2.45) is 11.7 Å². The van der Waals surface area contributed by atoms with Gasteiger partial charge >= 0.3 is 5.97 Å². The molecule has 0 aliphatic heterocycles. The van der Waals surface area contributed by atoms with Crippen LogP contribution in [0.2, 0.25) is 0 Å². The summed E-state index contributed by atoms with van der Waals surface area (Å²) in [6.45, 7) is 5.88. The van der Waals surface area contributed by atoms with E-state index in [1.54, 1.807) is 0 Å². The fraction of sp³-hybridized carbons (Fsp3) is 0.733. The standard InChI is InChI=1S/C15H28N4O6/c1-7(2)5-11(15(24)25)19-13(22)9(4)17-12(21)8(3)18-14(23)10(16)6-20/h7-11,20H,5-6,16H2,1-4H3,(H,17,21)(H,18,23)(H,19,22)(H,24,25). The van der Waals surface area contributed by atoms with Crippen LogP contribution in [0.5, 0.6) is 0 Å². The molecule has 0 fully saturated rings. The average Bonchev–Trinajstić information content (AvgIpc) is 2.52. The number of rotatable bonds is 10. The first-order chi connectivity index (χ1) is 11.5. The van der Waals surface area contributed by atoms with Crippen molar-refractivity contribution in [1.82, 2.24) is 16.0 Å². The third-order valence-electron chi connectivity index (χ3n) is 3.36. The number of carboxylic acid groups (broad SMARTS) is 1. The van der Waals surface area contributed by atoms with Crippen molar-refractivity contribution in [3.05, 3.63) is 0 Å². The third kappa shape index (κ3) is 8.45. The summed E-state index contributed by atoms with van der Waals surface area (Å²) in [5.41, 5.74) is 5.32. The summed E-state index contributed by atoms with van der Waals surface area (Å²) in [7, 11) is 0. The zero-order valence-corrected chi connectivity index (χ0v) is 14.9. The fourth-order valence-corrected chi connectivity index (χ4v) is 1.86. The lowest BCUT2D eigenvalue weighted by Gasteiger charge is -2.22. The SMILES string of the molecule is CC(C)CC(NC(=O)C(C)NC(=O)C(C)NC(=O)C(N)CO)C(=O)O. The summed E-state index contributed by atoms with van der Waals surface area (Å²) in [6.07, 6.45) is 0.257. The molecule has 10 heteroatoms. The van der Waals surface area contributed by atoms with Crippen LogP contribution in [-0.2, 0) is 19.2 Å². The highest BCUT2D eigenvalue weighted by Gasteiger charge is 2.26. The molecule has 25 heavy (non-hydrogen) atoms. The molecule has 0 aromatic rings. The predicted octanol–water partition coefficient (Wildman–Crippen LogP) is -2.07. The van der Waals surface area contributed by atoms with E-state index in [-0.39, 0.29) is 12.3 Å². The second-order valence-corrected chi connectivity index (χ2v) is 6.28. The smallest absolute Gasteiger partial charge is 0.326 e. The summed E-state index contributed by atoms with van der Waals surface area (Å²) < 4.78 is 0. The molecular formula is C15H28N4O6. The number of hydrogen-bond donors (Lipinski definition) is 6. The van der Waals surface area contributed by atoms with E-state index >= 15 is 0 Å². The van der Waals surface area contributed by atoms with Crippen molar-refractivity contribution in [1.29, 1.82) is 0 Å². The zero-order chi connectivity index (χ0) is 19.7. The van der Waals surface area contributed by atoms with Gasteiger partial charge < -0.3 is 31.9 Å². The quantitative estimate of drug-likeness (QED) is 0.260. The summed E-state index contributed by atoms with van der Waals surface area (Å²) in [4.78, 5) is 46.7. The molecule has 4 unspecified atom stereocenters. The van der Waals surface area contributed by atoms with Crippen LogP contribution in [0.25, 0.3) is 0 Å². The number of aliphatic carboxylic acids is 1. The van der Waals surface area contributed by atoms with E-state index in [2.05, 4.69) is 16.0 Å². The maximum atomic E-state index is 12.0. The lowest BCUT2D eigenvalue weighted by Crippen LogP contribution is -2.55. The first-order valence-electron chi connectivity index (χ1n) is 7.99. The van der Waals surface area contributed by atoms with Gasteiger partial charge in [-0.05, 0) is 26.2 Å². The highest BCUT2D eigenvalue weighted by Crippen LogP contribution is 2.05. The van der Waals surface area contributed by atoms with Crippen LogP contribution >= 0.6 is 0 Å². The second kappa shape index (κ2) is 10.6. The molecule has 0 bridgehead atoms. The molecule has 0 radical (unpaired) electrons. The molecule has 0 rings (SSSR count). The van der Waals surface area contributed by atoms with Gasteiger partial charge in [-0.2, -0.15) is 0 Å². The zero-order valence-electron chi connectivity index (χ0n) is 14.9. The van der Waals surface area contributed by atoms with E-state index in [0.29, 0.717) is 0 Å². The number of aliphatic hydroxyl groups is 1. The minimum absolute atomic E-state index is 0.0669. The lowest BCUT2D eigenvalue weighted by molar-refractivity contribution is -0.142. The summed E-state index contributed by atoms with van der Waals surface area (Å²) in [6, 6.07) is -4.17. The fourth-order valence-electron chi connectivity index (χ4n) is 1.86. The number of hydrogen-bond acceptors (Lipinski definition) is 6. The summed E-state index contributed by atoms with van der Waals surface area (Å²) in [5.74, 6) is -3.08. The molecule has 7 N–H and O–H groups in total. The van der Waals surface area contributed by atoms with Gasteiger partial charge in [0.1, 0.15) is 24.2 Å². The third-order valence-corrected chi connectivity index (χ3v) is 3.36. The van der Waals surface area contributed by atoms with Crippen LogP contribution in [0.4, 0.5) is 0 Å². The Balaban J connectivity index is 4.61. The van der Waals surface area contributed by atoms with Crippen LogP contribution in [0, 0.1) is 5.92 Å². The highest BCUT2D eigenvalue weighted by atomic mass is 16.4. The van der Waals surface area contributed by atoms with E-state index in [9.17, 15) is 19.2 Å². The normalized spacial score (nSPS) is 15.6. The minimum atomic E-state index is -1.15. The molecule has 0 aliphatic rings. The van der Waals surface area contributed by atoms with Crippen molar-refractivity contribution in [2.45, 2.75) is 58.3 Å². The summed E-state index contributed by atoms with van der Waals surface area (Å²) in [5, 5.41) is 24.9. The molecule has 4 atom stereocenters. The number of carbonyl (C=O) groups is 4. The summed E-state index contributed by atoms with van der Waals surface area (Å²) >= 11 is 0. The van der Waals surface area contributed by atoms with Crippen LogP contribution < -0.4 is 21.7 Å². The van der Waals surface area contributed by atoms with Crippen molar-refractivity contribution >= 4 is 23.7 Å². The molecule has 0 aromatic carbocycles. The van der Waals surface area contributed by atoms with Crippen LogP contribution in [0.3, 0.4) is 0 Å². The van der Waals surface area contributed by atoms with Crippen molar-refractivity contribution in [3.8, 4) is 0 Å². The molecule has 0 aliphatic carbocycles. The number of amides is 3. The average molecular weight is 360 g/mol. The molecule has 0 heterocycles.